The number of hydrogen-bond donors (Lipinski definition) is 0. The third-order valence-corrected chi connectivity index (χ3v) is 4.83. The van der Waals surface area contributed by atoms with Gasteiger partial charge in [-0.3, -0.25) is 4.79 Å². The van der Waals surface area contributed by atoms with Gasteiger partial charge < -0.3 is 9.64 Å². The molecule has 0 saturated carbocycles. The van der Waals surface area contributed by atoms with E-state index in [-0.39, 0.29) is 17.8 Å². The molecule has 5 heteroatoms. The van der Waals surface area contributed by atoms with Crippen LogP contribution in [0.25, 0.3) is 0 Å². The zero-order valence-corrected chi connectivity index (χ0v) is 14.8. The SMILES string of the molecule is COC(=O)[C@@H]1C[C@@H](Cc2ccc(Cl)cc2)C(=O)N1Cc1ccccc1. The van der Waals surface area contributed by atoms with E-state index in [2.05, 4.69) is 0 Å². The summed E-state index contributed by atoms with van der Waals surface area (Å²) in [6.07, 6.45) is 1.07. The lowest BCUT2D eigenvalue weighted by molar-refractivity contribution is -0.149. The molecule has 0 bridgehead atoms. The van der Waals surface area contributed by atoms with Crippen molar-refractivity contribution in [1.82, 2.24) is 4.90 Å². The summed E-state index contributed by atoms with van der Waals surface area (Å²) < 4.78 is 4.91. The monoisotopic (exact) mass is 357 g/mol. The molecule has 1 aliphatic heterocycles. The molecule has 0 spiro atoms. The molecule has 2 aromatic carbocycles. The Morgan fingerprint density at radius 1 is 1.12 bits per heavy atom. The second kappa shape index (κ2) is 7.70. The Morgan fingerprint density at radius 2 is 1.80 bits per heavy atom. The van der Waals surface area contributed by atoms with Crippen molar-refractivity contribution in [2.24, 2.45) is 5.92 Å². The van der Waals surface area contributed by atoms with Gasteiger partial charge in [0.2, 0.25) is 5.91 Å². The molecule has 0 unspecified atom stereocenters. The Balaban J connectivity index is 1.79. The summed E-state index contributed by atoms with van der Waals surface area (Å²) in [6, 6.07) is 16.6. The molecular formula is C20H20ClNO3. The highest BCUT2D eigenvalue weighted by atomic mass is 35.5. The maximum atomic E-state index is 12.9. The first kappa shape index (κ1) is 17.5. The lowest BCUT2D eigenvalue weighted by Crippen LogP contribution is -2.39. The zero-order chi connectivity index (χ0) is 17.8. The van der Waals surface area contributed by atoms with Crippen LogP contribution in [0.5, 0.6) is 0 Å². The average molecular weight is 358 g/mol. The molecule has 0 aliphatic carbocycles. The predicted molar refractivity (Wildman–Crippen MR) is 96.1 cm³/mol. The van der Waals surface area contributed by atoms with Crippen molar-refractivity contribution in [3.63, 3.8) is 0 Å². The van der Waals surface area contributed by atoms with Gasteiger partial charge in [0.15, 0.2) is 0 Å². The molecule has 130 valence electrons. The van der Waals surface area contributed by atoms with E-state index < -0.39 is 6.04 Å². The average Bonchev–Trinajstić information content (AvgIpc) is 2.93. The number of halogens is 1. The Kier molecular flexibility index (Phi) is 5.39. The number of nitrogens with zero attached hydrogens (tertiary/aromatic N) is 1. The number of rotatable bonds is 5. The lowest BCUT2D eigenvalue weighted by atomic mass is 9.96. The van der Waals surface area contributed by atoms with Crippen LogP contribution in [0, 0.1) is 5.92 Å². The minimum Gasteiger partial charge on any atom is -0.467 e. The maximum absolute atomic E-state index is 12.9. The number of benzene rings is 2. The van der Waals surface area contributed by atoms with Crippen molar-refractivity contribution in [3.8, 4) is 0 Å². The Labute approximate surface area is 152 Å². The minimum atomic E-state index is -0.532. The van der Waals surface area contributed by atoms with Gasteiger partial charge in [-0.1, -0.05) is 54.1 Å². The van der Waals surface area contributed by atoms with Crippen molar-refractivity contribution < 1.29 is 14.3 Å². The van der Waals surface area contributed by atoms with E-state index >= 15 is 0 Å². The number of amides is 1. The largest absolute Gasteiger partial charge is 0.467 e. The van der Waals surface area contributed by atoms with Gasteiger partial charge >= 0.3 is 5.97 Å². The van der Waals surface area contributed by atoms with Crippen LogP contribution in [-0.2, 0) is 27.3 Å². The van der Waals surface area contributed by atoms with E-state index in [9.17, 15) is 9.59 Å². The first-order valence-electron chi connectivity index (χ1n) is 8.25. The molecule has 1 fully saturated rings. The van der Waals surface area contributed by atoms with Crippen LogP contribution in [0.4, 0.5) is 0 Å². The van der Waals surface area contributed by atoms with Crippen molar-refractivity contribution >= 4 is 23.5 Å². The van der Waals surface area contributed by atoms with E-state index in [4.69, 9.17) is 16.3 Å². The highest BCUT2D eigenvalue weighted by Gasteiger charge is 2.43. The minimum absolute atomic E-state index is 0.00537. The third-order valence-electron chi connectivity index (χ3n) is 4.58. The highest BCUT2D eigenvalue weighted by Crippen LogP contribution is 2.30. The van der Waals surface area contributed by atoms with Gasteiger partial charge in [0.05, 0.1) is 7.11 Å². The van der Waals surface area contributed by atoms with E-state index in [0.29, 0.717) is 24.4 Å². The van der Waals surface area contributed by atoms with E-state index in [1.807, 2.05) is 54.6 Å². The van der Waals surface area contributed by atoms with Crippen LogP contribution in [0.2, 0.25) is 5.02 Å². The third kappa shape index (κ3) is 4.02. The molecule has 4 nitrogen and oxygen atoms in total. The fraction of sp³-hybridized carbons (Fsp3) is 0.300. The predicted octanol–water partition coefficient (Wildman–Crippen LogP) is 3.47. The summed E-state index contributed by atoms with van der Waals surface area (Å²) in [7, 11) is 1.36. The van der Waals surface area contributed by atoms with Crippen LogP contribution >= 0.6 is 11.6 Å². The molecule has 2 aromatic rings. The van der Waals surface area contributed by atoms with Crippen LogP contribution in [0.3, 0.4) is 0 Å². The normalized spacial score (nSPS) is 19.9. The Bertz CT molecular complexity index is 745. The lowest BCUT2D eigenvalue weighted by Gasteiger charge is -2.23. The number of likely N-dealkylation sites (tertiary alicyclic amines) is 1. The fourth-order valence-corrected chi connectivity index (χ4v) is 3.42. The summed E-state index contributed by atoms with van der Waals surface area (Å²) in [4.78, 5) is 26.7. The molecular weight excluding hydrogens is 338 g/mol. The topological polar surface area (TPSA) is 46.6 Å². The van der Waals surface area contributed by atoms with E-state index in [1.165, 1.54) is 7.11 Å². The molecule has 1 amide bonds. The second-order valence-electron chi connectivity index (χ2n) is 6.25. The Morgan fingerprint density at radius 3 is 2.44 bits per heavy atom. The molecule has 0 aromatic heterocycles. The number of carbonyl (C=O) groups is 2. The summed E-state index contributed by atoms with van der Waals surface area (Å²) in [5.41, 5.74) is 2.03. The Hall–Kier alpha value is -2.33. The standard InChI is InChI=1S/C20H20ClNO3/c1-25-20(24)18-12-16(11-14-7-9-17(21)10-8-14)19(23)22(18)13-15-5-3-2-4-6-15/h2-10,16,18H,11-13H2,1H3/t16-,18+/m1/s1. The van der Waals surface area contributed by atoms with Crippen molar-refractivity contribution in [2.45, 2.75) is 25.4 Å². The number of hydrogen-bond acceptors (Lipinski definition) is 3. The van der Waals surface area contributed by atoms with Crippen LogP contribution in [0.1, 0.15) is 17.5 Å². The first-order valence-corrected chi connectivity index (χ1v) is 8.63. The number of esters is 1. The second-order valence-corrected chi connectivity index (χ2v) is 6.69. The van der Waals surface area contributed by atoms with Gasteiger partial charge in [-0.25, -0.2) is 4.79 Å². The van der Waals surface area contributed by atoms with E-state index in [0.717, 1.165) is 11.1 Å². The van der Waals surface area contributed by atoms with Gasteiger partial charge in [0.25, 0.3) is 0 Å². The van der Waals surface area contributed by atoms with Crippen LogP contribution < -0.4 is 0 Å². The molecule has 1 heterocycles. The summed E-state index contributed by atoms with van der Waals surface area (Å²) in [6.45, 7) is 0.413. The van der Waals surface area contributed by atoms with Crippen molar-refractivity contribution in [2.75, 3.05) is 7.11 Å². The first-order chi connectivity index (χ1) is 12.1. The van der Waals surface area contributed by atoms with Crippen LogP contribution in [0.15, 0.2) is 54.6 Å². The quantitative estimate of drug-likeness (QED) is 0.770. The smallest absolute Gasteiger partial charge is 0.328 e. The van der Waals surface area contributed by atoms with Gasteiger partial charge in [-0.15, -0.1) is 0 Å². The van der Waals surface area contributed by atoms with E-state index in [1.54, 1.807) is 4.90 Å². The fourth-order valence-electron chi connectivity index (χ4n) is 3.29. The maximum Gasteiger partial charge on any atom is 0.328 e. The molecule has 0 N–H and O–H groups in total. The molecule has 3 rings (SSSR count). The molecule has 1 aliphatic rings. The number of ether oxygens (including phenoxy) is 1. The highest BCUT2D eigenvalue weighted by molar-refractivity contribution is 6.30. The molecule has 2 atom stereocenters. The number of methoxy groups -OCH3 is 1. The molecule has 25 heavy (non-hydrogen) atoms. The van der Waals surface area contributed by atoms with Gasteiger partial charge in [-0.2, -0.15) is 0 Å². The van der Waals surface area contributed by atoms with Gasteiger partial charge in [0.1, 0.15) is 6.04 Å². The summed E-state index contributed by atoms with van der Waals surface area (Å²) in [5, 5.41) is 0.666. The number of carbonyl (C=O) groups excluding carboxylic acids is 2. The summed E-state index contributed by atoms with van der Waals surface area (Å²) >= 11 is 5.92. The summed E-state index contributed by atoms with van der Waals surface area (Å²) in [5.74, 6) is -0.592. The zero-order valence-electron chi connectivity index (χ0n) is 14.0. The van der Waals surface area contributed by atoms with Crippen molar-refractivity contribution in [3.05, 3.63) is 70.7 Å². The molecule has 1 saturated heterocycles. The van der Waals surface area contributed by atoms with Gasteiger partial charge in [-0.05, 0) is 36.1 Å². The molecule has 0 radical (unpaired) electrons. The van der Waals surface area contributed by atoms with Crippen molar-refractivity contribution in [1.29, 1.82) is 0 Å². The van der Waals surface area contributed by atoms with Gasteiger partial charge in [0, 0.05) is 17.5 Å². The van der Waals surface area contributed by atoms with Crippen LogP contribution in [-0.4, -0.2) is 29.9 Å².